The third kappa shape index (κ3) is 2.28. The summed E-state index contributed by atoms with van der Waals surface area (Å²) in [5, 5.41) is 4.54. The molecule has 112 valence electrons. The van der Waals surface area contributed by atoms with Crippen molar-refractivity contribution < 1.29 is 8.81 Å². The minimum atomic E-state index is -0.198. The number of benzene rings is 1. The molecule has 2 aliphatic rings. The lowest BCUT2D eigenvalue weighted by Gasteiger charge is -2.18. The fraction of sp³-hybridized carbons (Fsp3) is 0.556. The van der Waals surface area contributed by atoms with Crippen LogP contribution in [0.3, 0.4) is 0 Å². The van der Waals surface area contributed by atoms with Crippen molar-refractivity contribution in [3.63, 3.8) is 0 Å². The lowest BCUT2D eigenvalue weighted by molar-refractivity contribution is 0.359. The molecule has 0 spiro atoms. The van der Waals surface area contributed by atoms with Gasteiger partial charge in [0.15, 0.2) is 0 Å². The topological polar surface area (TPSA) is 25.2 Å². The molecular weight excluding hydrogens is 265 g/mol. The highest BCUT2D eigenvalue weighted by Gasteiger charge is 2.56. The van der Waals surface area contributed by atoms with Crippen LogP contribution in [0.25, 0.3) is 11.0 Å². The van der Waals surface area contributed by atoms with Gasteiger partial charge in [-0.3, -0.25) is 0 Å². The molecule has 3 heteroatoms. The molecule has 3 atom stereocenters. The van der Waals surface area contributed by atoms with Crippen LogP contribution in [0.1, 0.15) is 44.4 Å². The van der Waals surface area contributed by atoms with E-state index >= 15 is 0 Å². The Morgan fingerprint density at radius 3 is 2.86 bits per heavy atom. The van der Waals surface area contributed by atoms with Crippen molar-refractivity contribution in [2.45, 2.75) is 38.6 Å². The Kier molecular flexibility index (Phi) is 3.26. The summed E-state index contributed by atoms with van der Waals surface area (Å²) < 4.78 is 19.4. The number of fused-ring (bicyclic) bond motifs is 2. The molecule has 2 saturated carbocycles. The SMILES string of the molecule is CCCNC(c1cc2cc(F)ccc2o1)C1C2CCCC21. The highest BCUT2D eigenvalue weighted by Crippen LogP contribution is 2.62. The van der Waals surface area contributed by atoms with E-state index < -0.39 is 0 Å². The molecule has 0 saturated heterocycles. The molecule has 3 unspecified atom stereocenters. The fourth-order valence-corrected chi connectivity index (χ4v) is 4.29. The number of hydrogen-bond donors (Lipinski definition) is 1. The second-order valence-corrected chi connectivity index (χ2v) is 6.60. The Hall–Kier alpha value is -1.35. The summed E-state index contributed by atoms with van der Waals surface area (Å²) in [5.41, 5.74) is 0.792. The average molecular weight is 287 g/mol. The Morgan fingerprint density at radius 2 is 2.10 bits per heavy atom. The molecule has 1 N–H and O–H groups in total. The lowest BCUT2D eigenvalue weighted by atomic mass is 10.0. The van der Waals surface area contributed by atoms with E-state index in [-0.39, 0.29) is 5.82 Å². The van der Waals surface area contributed by atoms with Gasteiger partial charge in [-0.1, -0.05) is 13.3 Å². The highest BCUT2D eigenvalue weighted by molar-refractivity contribution is 5.78. The fourth-order valence-electron chi connectivity index (χ4n) is 4.29. The van der Waals surface area contributed by atoms with Crippen molar-refractivity contribution in [3.05, 3.63) is 35.8 Å². The van der Waals surface area contributed by atoms with E-state index in [0.29, 0.717) is 6.04 Å². The minimum Gasteiger partial charge on any atom is -0.459 e. The summed E-state index contributed by atoms with van der Waals surface area (Å²) in [6.07, 6.45) is 5.24. The van der Waals surface area contributed by atoms with Gasteiger partial charge in [-0.25, -0.2) is 4.39 Å². The van der Waals surface area contributed by atoms with Gasteiger partial charge in [0.1, 0.15) is 17.2 Å². The minimum absolute atomic E-state index is 0.198. The van der Waals surface area contributed by atoms with Crippen molar-refractivity contribution in [2.24, 2.45) is 17.8 Å². The largest absolute Gasteiger partial charge is 0.459 e. The molecule has 2 nitrogen and oxygen atoms in total. The van der Waals surface area contributed by atoms with Crippen molar-refractivity contribution in [1.29, 1.82) is 0 Å². The summed E-state index contributed by atoms with van der Waals surface area (Å²) in [6.45, 7) is 3.19. The Labute approximate surface area is 124 Å². The maximum Gasteiger partial charge on any atom is 0.134 e. The normalized spacial score (nSPS) is 28.8. The predicted molar refractivity (Wildman–Crippen MR) is 81.5 cm³/mol. The standard InChI is InChI=1S/C18H22FNO/c1-2-8-20-18(17-13-4-3-5-14(13)17)16-10-11-9-12(19)6-7-15(11)21-16/h6-7,9-10,13-14,17-18,20H,2-5,8H2,1H3. The monoisotopic (exact) mass is 287 g/mol. The Balaban J connectivity index is 1.64. The van der Waals surface area contributed by atoms with Gasteiger partial charge in [-0.05, 0) is 67.8 Å². The van der Waals surface area contributed by atoms with Gasteiger partial charge < -0.3 is 9.73 Å². The van der Waals surface area contributed by atoms with Gasteiger partial charge in [-0.2, -0.15) is 0 Å². The molecule has 0 aliphatic heterocycles. The average Bonchev–Trinajstić information content (AvgIpc) is 2.86. The number of rotatable bonds is 5. The van der Waals surface area contributed by atoms with Crippen LogP contribution in [0.4, 0.5) is 4.39 Å². The van der Waals surface area contributed by atoms with Gasteiger partial charge in [-0.15, -0.1) is 0 Å². The third-order valence-corrected chi connectivity index (χ3v) is 5.28. The smallest absolute Gasteiger partial charge is 0.134 e. The van der Waals surface area contributed by atoms with Crippen molar-refractivity contribution in [3.8, 4) is 0 Å². The molecule has 4 rings (SSSR count). The van der Waals surface area contributed by atoms with E-state index in [4.69, 9.17) is 4.42 Å². The zero-order valence-electron chi connectivity index (χ0n) is 12.4. The quantitative estimate of drug-likeness (QED) is 0.865. The van der Waals surface area contributed by atoms with Gasteiger partial charge in [0.2, 0.25) is 0 Å². The van der Waals surface area contributed by atoms with Crippen LogP contribution in [0.2, 0.25) is 0 Å². The zero-order chi connectivity index (χ0) is 14.4. The number of nitrogens with one attached hydrogen (secondary N) is 1. The van der Waals surface area contributed by atoms with Gasteiger partial charge in [0.25, 0.3) is 0 Å². The summed E-state index contributed by atoms with van der Waals surface area (Å²) in [4.78, 5) is 0. The first-order valence-corrected chi connectivity index (χ1v) is 8.20. The third-order valence-electron chi connectivity index (χ3n) is 5.28. The van der Waals surface area contributed by atoms with Gasteiger partial charge in [0, 0.05) is 5.39 Å². The van der Waals surface area contributed by atoms with Crippen LogP contribution in [0.5, 0.6) is 0 Å². The Bertz CT molecular complexity index is 640. The first kappa shape index (κ1) is 13.3. The highest BCUT2D eigenvalue weighted by atomic mass is 19.1. The van der Waals surface area contributed by atoms with Gasteiger partial charge in [0.05, 0.1) is 6.04 Å². The predicted octanol–water partition coefficient (Wildman–Crippen LogP) is 4.66. The number of halogens is 1. The van der Waals surface area contributed by atoms with Crippen LogP contribution in [-0.2, 0) is 0 Å². The summed E-state index contributed by atoms with van der Waals surface area (Å²) >= 11 is 0. The molecule has 1 aromatic carbocycles. The first-order valence-electron chi connectivity index (χ1n) is 8.20. The van der Waals surface area contributed by atoms with Crippen LogP contribution in [0, 0.1) is 23.6 Å². The summed E-state index contributed by atoms with van der Waals surface area (Å²) in [7, 11) is 0. The molecule has 0 bridgehead atoms. The van der Waals surface area contributed by atoms with Crippen molar-refractivity contribution in [2.75, 3.05) is 6.54 Å². The molecule has 1 aromatic heterocycles. The van der Waals surface area contributed by atoms with Crippen LogP contribution < -0.4 is 5.32 Å². The summed E-state index contributed by atoms with van der Waals surface area (Å²) in [6, 6.07) is 7.09. The lowest BCUT2D eigenvalue weighted by Crippen LogP contribution is -2.25. The van der Waals surface area contributed by atoms with Crippen LogP contribution >= 0.6 is 0 Å². The second kappa shape index (κ2) is 5.13. The van der Waals surface area contributed by atoms with E-state index in [1.807, 2.05) is 6.07 Å². The van der Waals surface area contributed by atoms with E-state index in [0.717, 1.165) is 47.4 Å². The molecule has 0 amide bonds. The first-order chi connectivity index (χ1) is 10.3. The molecule has 2 aliphatic carbocycles. The molecule has 1 heterocycles. The maximum atomic E-state index is 13.4. The molecule has 21 heavy (non-hydrogen) atoms. The molecular formula is C18H22FNO. The molecule has 2 aromatic rings. The summed E-state index contributed by atoms with van der Waals surface area (Å²) in [5.74, 6) is 3.27. The second-order valence-electron chi connectivity index (χ2n) is 6.60. The van der Waals surface area contributed by atoms with E-state index in [1.54, 1.807) is 12.1 Å². The number of furan rings is 1. The van der Waals surface area contributed by atoms with E-state index in [9.17, 15) is 4.39 Å². The Morgan fingerprint density at radius 1 is 1.29 bits per heavy atom. The maximum absolute atomic E-state index is 13.4. The van der Waals surface area contributed by atoms with Gasteiger partial charge >= 0.3 is 0 Å². The zero-order valence-corrected chi connectivity index (χ0v) is 12.4. The van der Waals surface area contributed by atoms with Crippen LogP contribution in [0.15, 0.2) is 28.7 Å². The number of hydrogen-bond acceptors (Lipinski definition) is 2. The van der Waals surface area contributed by atoms with E-state index in [2.05, 4.69) is 12.2 Å². The molecule has 0 radical (unpaired) electrons. The molecule has 2 fully saturated rings. The van der Waals surface area contributed by atoms with Crippen molar-refractivity contribution >= 4 is 11.0 Å². The van der Waals surface area contributed by atoms with Crippen molar-refractivity contribution in [1.82, 2.24) is 5.32 Å². The van der Waals surface area contributed by atoms with E-state index in [1.165, 1.54) is 25.3 Å². The van der Waals surface area contributed by atoms with Crippen LogP contribution in [-0.4, -0.2) is 6.54 Å².